The zero-order chi connectivity index (χ0) is 18.4. The predicted molar refractivity (Wildman–Crippen MR) is 92.2 cm³/mol. The van der Waals surface area contributed by atoms with Gasteiger partial charge in [-0.25, -0.2) is 9.59 Å². The van der Waals surface area contributed by atoms with Crippen LogP contribution in [0.25, 0.3) is 9.69 Å². The molecular formula is C18H12N2O4S. The van der Waals surface area contributed by atoms with Gasteiger partial charge in [0, 0.05) is 4.90 Å². The second-order valence-corrected chi connectivity index (χ2v) is 5.85. The van der Waals surface area contributed by atoms with Crippen molar-refractivity contribution in [1.82, 2.24) is 0 Å². The molecule has 25 heavy (non-hydrogen) atoms. The van der Waals surface area contributed by atoms with Crippen LogP contribution in [0.2, 0.25) is 0 Å². The first kappa shape index (κ1) is 18.1. The van der Waals surface area contributed by atoms with Crippen molar-refractivity contribution >= 4 is 35.1 Å². The first-order valence-electron chi connectivity index (χ1n) is 6.91. The second kappa shape index (κ2) is 8.00. The van der Waals surface area contributed by atoms with Crippen molar-refractivity contribution in [3.05, 3.63) is 70.4 Å². The monoisotopic (exact) mass is 352 g/mol. The highest BCUT2D eigenvalue weighted by atomic mass is 32.2. The Hall–Kier alpha value is -3.29. The summed E-state index contributed by atoms with van der Waals surface area (Å²) < 4.78 is 9.41. The summed E-state index contributed by atoms with van der Waals surface area (Å²) >= 11 is 1.26. The van der Waals surface area contributed by atoms with E-state index in [9.17, 15) is 9.59 Å². The Kier molecular flexibility index (Phi) is 5.78. The Balaban J connectivity index is 2.45. The molecule has 6 nitrogen and oxygen atoms in total. The average molecular weight is 352 g/mol. The number of esters is 2. The molecule has 0 aromatic heterocycles. The number of carbonyl (C=O) groups excluding carboxylic acids is 2. The SMILES string of the molecule is [C-]#[N+]c1ccc(Sc2cc(C(=O)OC)cc(C(=O)OC)c2)cc1[N+]#[C-]. The summed E-state index contributed by atoms with van der Waals surface area (Å²) in [6.45, 7) is 14.2. The van der Waals surface area contributed by atoms with E-state index >= 15 is 0 Å². The van der Waals surface area contributed by atoms with Gasteiger partial charge in [0.25, 0.3) is 0 Å². The van der Waals surface area contributed by atoms with E-state index in [1.807, 2.05) is 0 Å². The van der Waals surface area contributed by atoms with Gasteiger partial charge in [-0.3, -0.25) is 9.69 Å². The van der Waals surface area contributed by atoms with Crippen molar-refractivity contribution in [1.29, 1.82) is 0 Å². The minimum atomic E-state index is -0.571. The normalized spacial score (nSPS) is 9.60. The number of ether oxygens (including phenoxy) is 2. The number of methoxy groups -OCH3 is 2. The number of benzene rings is 2. The molecule has 0 atom stereocenters. The van der Waals surface area contributed by atoms with Gasteiger partial charge in [0.05, 0.1) is 38.5 Å². The topological polar surface area (TPSA) is 61.3 Å². The summed E-state index contributed by atoms with van der Waals surface area (Å²) in [6, 6.07) is 9.43. The predicted octanol–water partition coefficient (Wildman–Crippen LogP) is 4.51. The van der Waals surface area contributed by atoms with Crippen molar-refractivity contribution in [3.8, 4) is 0 Å². The lowest BCUT2D eigenvalue weighted by Crippen LogP contribution is -2.06. The molecule has 7 heteroatoms. The number of hydrogen-bond acceptors (Lipinski definition) is 5. The van der Waals surface area contributed by atoms with Gasteiger partial charge in [0.15, 0.2) is 11.4 Å². The van der Waals surface area contributed by atoms with Crippen molar-refractivity contribution in [2.75, 3.05) is 14.2 Å². The third kappa shape index (κ3) is 4.17. The zero-order valence-electron chi connectivity index (χ0n) is 13.4. The molecule has 0 aliphatic rings. The molecule has 0 radical (unpaired) electrons. The Bertz CT molecular complexity index is 891. The average Bonchev–Trinajstić information content (AvgIpc) is 2.66. The number of nitrogens with zero attached hydrogens (tertiary/aromatic N) is 2. The van der Waals surface area contributed by atoms with Crippen LogP contribution in [0.5, 0.6) is 0 Å². The lowest BCUT2D eigenvalue weighted by atomic mass is 10.1. The fourth-order valence-electron chi connectivity index (χ4n) is 2.02. The van der Waals surface area contributed by atoms with E-state index in [1.165, 1.54) is 32.0 Å². The third-order valence-electron chi connectivity index (χ3n) is 3.17. The van der Waals surface area contributed by atoms with Crippen molar-refractivity contribution in [2.45, 2.75) is 9.79 Å². The molecule has 0 aliphatic carbocycles. The van der Waals surface area contributed by atoms with Gasteiger partial charge < -0.3 is 9.47 Å². The molecule has 0 fully saturated rings. The number of carbonyl (C=O) groups is 2. The molecule has 0 bridgehead atoms. The summed E-state index contributed by atoms with van der Waals surface area (Å²) in [5, 5.41) is 0. The van der Waals surface area contributed by atoms with E-state index in [-0.39, 0.29) is 22.5 Å². The second-order valence-electron chi connectivity index (χ2n) is 4.71. The van der Waals surface area contributed by atoms with Crippen LogP contribution >= 0.6 is 11.8 Å². The fraction of sp³-hybridized carbons (Fsp3) is 0.111. The van der Waals surface area contributed by atoms with Gasteiger partial charge in [-0.05, 0) is 23.1 Å². The lowest BCUT2D eigenvalue weighted by Gasteiger charge is -2.08. The minimum Gasteiger partial charge on any atom is -0.465 e. The van der Waals surface area contributed by atoms with Crippen LogP contribution in [0.3, 0.4) is 0 Å². The van der Waals surface area contributed by atoms with E-state index in [1.54, 1.807) is 30.3 Å². The lowest BCUT2D eigenvalue weighted by molar-refractivity contribution is 0.0598. The van der Waals surface area contributed by atoms with Crippen molar-refractivity contribution in [2.24, 2.45) is 0 Å². The van der Waals surface area contributed by atoms with Gasteiger partial charge in [0.2, 0.25) is 0 Å². The molecule has 0 aliphatic heterocycles. The van der Waals surface area contributed by atoms with Crippen LogP contribution in [0.15, 0.2) is 46.2 Å². The van der Waals surface area contributed by atoms with Gasteiger partial charge in [-0.15, -0.1) is 0 Å². The number of hydrogen-bond donors (Lipinski definition) is 0. The molecule has 2 aromatic carbocycles. The molecule has 2 aromatic rings. The van der Waals surface area contributed by atoms with Gasteiger partial charge in [0.1, 0.15) is 0 Å². The summed E-state index contributed by atoms with van der Waals surface area (Å²) in [6.07, 6.45) is 0. The van der Waals surface area contributed by atoms with Crippen LogP contribution in [0.1, 0.15) is 20.7 Å². The standard InChI is InChI=1S/C18H12N2O4S/c1-19-15-6-5-13(10-16(15)20-2)25-14-8-11(17(21)23-3)7-12(9-14)18(22)24-4/h5-10H,3-4H3. The van der Waals surface area contributed by atoms with Crippen LogP contribution in [-0.4, -0.2) is 26.2 Å². The van der Waals surface area contributed by atoms with E-state index in [0.29, 0.717) is 9.79 Å². The van der Waals surface area contributed by atoms with Crippen molar-refractivity contribution in [3.63, 3.8) is 0 Å². The fourth-order valence-corrected chi connectivity index (χ4v) is 2.97. The van der Waals surface area contributed by atoms with Gasteiger partial charge in [-0.1, -0.05) is 30.0 Å². The highest BCUT2D eigenvalue weighted by Gasteiger charge is 2.15. The van der Waals surface area contributed by atoms with E-state index < -0.39 is 11.9 Å². The summed E-state index contributed by atoms with van der Waals surface area (Å²) in [5.41, 5.74) is 0.961. The minimum absolute atomic E-state index is 0.219. The molecule has 0 saturated heterocycles. The Morgan fingerprint density at radius 3 is 1.88 bits per heavy atom. The maximum Gasteiger partial charge on any atom is 0.337 e. The van der Waals surface area contributed by atoms with E-state index in [0.717, 1.165) is 0 Å². The highest BCUT2D eigenvalue weighted by Crippen LogP contribution is 2.36. The Labute approximate surface area is 149 Å². The smallest absolute Gasteiger partial charge is 0.337 e. The quantitative estimate of drug-likeness (QED) is 0.598. The Morgan fingerprint density at radius 1 is 0.840 bits per heavy atom. The molecule has 0 amide bonds. The van der Waals surface area contributed by atoms with E-state index in [4.69, 9.17) is 22.6 Å². The molecule has 0 N–H and O–H groups in total. The molecule has 0 heterocycles. The summed E-state index contributed by atoms with van der Waals surface area (Å²) in [7, 11) is 2.51. The maximum absolute atomic E-state index is 11.8. The molecule has 124 valence electrons. The van der Waals surface area contributed by atoms with Crippen LogP contribution in [0.4, 0.5) is 11.4 Å². The zero-order valence-corrected chi connectivity index (χ0v) is 14.2. The Morgan fingerprint density at radius 2 is 1.40 bits per heavy atom. The first-order valence-corrected chi connectivity index (χ1v) is 7.72. The summed E-state index contributed by atoms with van der Waals surface area (Å²) in [4.78, 5) is 31.6. The van der Waals surface area contributed by atoms with Gasteiger partial charge in [-0.2, -0.15) is 0 Å². The highest BCUT2D eigenvalue weighted by molar-refractivity contribution is 7.99. The summed E-state index contributed by atoms with van der Waals surface area (Å²) in [5.74, 6) is -1.14. The number of rotatable bonds is 4. The molecule has 2 rings (SSSR count). The van der Waals surface area contributed by atoms with Crippen LogP contribution < -0.4 is 0 Å². The third-order valence-corrected chi connectivity index (χ3v) is 4.13. The molecule has 0 unspecified atom stereocenters. The molecule has 0 saturated carbocycles. The largest absolute Gasteiger partial charge is 0.465 e. The van der Waals surface area contributed by atoms with E-state index in [2.05, 4.69) is 9.69 Å². The van der Waals surface area contributed by atoms with Crippen LogP contribution in [-0.2, 0) is 9.47 Å². The molecular weight excluding hydrogens is 340 g/mol. The maximum atomic E-state index is 11.8. The van der Waals surface area contributed by atoms with Crippen LogP contribution in [0, 0.1) is 13.1 Å². The van der Waals surface area contributed by atoms with Crippen molar-refractivity contribution < 1.29 is 19.1 Å². The first-order chi connectivity index (χ1) is 12.0. The molecule has 0 spiro atoms. The van der Waals surface area contributed by atoms with Gasteiger partial charge >= 0.3 is 11.9 Å².